The van der Waals surface area contributed by atoms with Crippen molar-refractivity contribution >= 4 is 16.9 Å². The summed E-state index contributed by atoms with van der Waals surface area (Å²) < 4.78 is 4.14. The van der Waals surface area contributed by atoms with Gasteiger partial charge in [0.25, 0.3) is 5.56 Å². The van der Waals surface area contributed by atoms with Gasteiger partial charge in [-0.05, 0) is 32.8 Å². The zero-order valence-corrected chi connectivity index (χ0v) is 17.3. The highest BCUT2D eigenvalue weighted by atomic mass is 16.2. The van der Waals surface area contributed by atoms with Crippen molar-refractivity contribution in [2.75, 3.05) is 0 Å². The molecule has 0 saturated heterocycles. The van der Waals surface area contributed by atoms with Crippen LogP contribution in [0.4, 0.5) is 0 Å². The van der Waals surface area contributed by atoms with Gasteiger partial charge in [-0.1, -0.05) is 37.3 Å². The topological polar surface area (TPSA) is 90.9 Å². The van der Waals surface area contributed by atoms with Crippen molar-refractivity contribution in [3.63, 3.8) is 0 Å². The second-order valence-corrected chi connectivity index (χ2v) is 7.22. The van der Waals surface area contributed by atoms with Crippen molar-refractivity contribution in [3.05, 3.63) is 62.4 Å². The quantitative estimate of drug-likeness (QED) is 0.656. The largest absolute Gasteiger partial charge is 0.352 e. The summed E-state index contributed by atoms with van der Waals surface area (Å²) in [5.74, 6) is -0.267. The number of nitrogens with one attached hydrogen (secondary N) is 1. The summed E-state index contributed by atoms with van der Waals surface area (Å²) in [5.41, 5.74) is 1.25. The highest BCUT2D eigenvalue weighted by molar-refractivity contribution is 5.81. The van der Waals surface area contributed by atoms with Crippen LogP contribution in [0.2, 0.25) is 0 Å². The molecule has 1 unspecified atom stereocenters. The van der Waals surface area contributed by atoms with Gasteiger partial charge in [-0.15, -0.1) is 0 Å². The summed E-state index contributed by atoms with van der Waals surface area (Å²) in [6, 6.07) is 9.32. The van der Waals surface area contributed by atoms with Gasteiger partial charge in [-0.25, -0.2) is 4.79 Å². The Morgan fingerprint density at radius 2 is 1.79 bits per heavy atom. The molecule has 2 aromatic heterocycles. The molecule has 0 fully saturated rings. The zero-order chi connectivity index (χ0) is 21.1. The van der Waals surface area contributed by atoms with Gasteiger partial charge in [0.1, 0.15) is 12.1 Å². The number of hydrogen-bond acceptors (Lipinski definition) is 4. The molecule has 0 aliphatic rings. The minimum absolute atomic E-state index is 0.00313. The van der Waals surface area contributed by atoms with Crippen molar-refractivity contribution < 1.29 is 4.79 Å². The molecule has 8 nitrogen and oxygen atoms in total. The van der Waals surface area contributed by atoms with E-state index in [0.717, 1.165) is 12.0 Å². The summed E-state index contributed by atoms with van der Waals surface area (Å²) in [4.78, 5) is 39.0. The van der Waals surface area contributed by atoms with E-state index in [1.807, 2.05) is 51.1 Å². The second kappa shape index (κ2) is 8.46. The minimum atomic E-state index is -0.510. The Bertz CT molecular complexity index is 1140. The van der Waals surface area contributed by atoms with Crippen LogP contribution in [0.25, 0.3) is 11.0 Å². The Kier molecular flexibility index (Phi) is 6.00. The van der Waals surface area contributed by atoms with E-state index < -0.39 is 11.2 Å². The molecule has 0 aliphatic heterocycles. The third kappa shape index (κ3) is 4.01. The molecule has 3 aromatic rings. The third-order valence-electron chi connectivity index (χ3n) is 5.08. The molecule has 1 N–H and O–H groups in total. The second-order valence-electron chi connectivity index (χ2n) is 7.22. The van der Waals surface area contributed by atoms with Crippen LogP contribution < -0.4 is 16.6 Å². The molecule has 3 rings (SSSR count). The van der Waals surface area contributed by atoms with E-state index in [9.17, 15) is 14.4 Å². The van der Waals surface area contributed by atoms with E-state index in [-0.39, 0.29) is 25.0 Å². The molecule has 154 valence electrons. The molecule has 0 aliphatic carbocycles. The molecule has 1 amide bonds. The fourth-order valence-electron chi connectivity index (χ4n) is 3.41. The molecule has 0 radical (unpaired) electrons. The number of nitrogens with zero attached hydrogens (tertiary/aromatic N) is 4. The first-order valence-corrected chi connectivity index (χ1v) is 9.91. The van der Waals surface area contributed by atoms with Gasteiger partial charge in [0.2, 0.25) is 5.91 Å². The predicted molar refractivity (Wildman–Crippen MR) is 112 cm³/mol. The maximum atomic E-state index is 13.3. The summed E-state index contributed by atoms with van der Waals surface area (Å²) >= 11 is 0. The molecule has 29 heavy (non-hydrogen) atoms. The molecular weight excluding hydrogens is 370 g/mol. The van der Waals surface area contributed by atoms with Crippen molar-refractivity contribution in [1.29, 1.82) is 0 Å². The Morgan fingerprint density at radius 3 is 2.41 bits per heavy atom. The average Bonchev–Trinajstić information content (AvgIpc) is 3.05. The lowest BCUT2D eigenvalue weighted by molar-refractivity contribution is -0.122. The molecule has 1 aromatic carbocycles. The van der Waals surface area contributed by atoms with Gasteiger partial charge in [-0.3, -0.25) is 23.4 Å². The fourth-order valence-corrected chi connectivity index (χ4v) is 3.41. The van der Waals surface area contributed by atoms with Crippen LogP contribution in [-0.4, -0.2) is 30.9 Å². The first kappa shape index (κ1) is 20.6. The molecular formula is C21H27N5O3. The molecule has 0 saturated carbocycles. The van der Waals surface area contributed by atoms with Gasteiger partial charge in [0, 0.05) is 12.6 Å². The van der Waals surface area contributed by atoms with Crippen LogP contribution in [0, 0.1) is 6.92 Å². The monoisotopic (exact) mass is 397 g/mol. The summed E-state index contributed by atoms with van der Waals surface area (Å²) in [6.45, 7) is 7.98. The van der Waals surface area contributed by atoms with Gasteiger partial charge >= 0.3 is 5.69 Å². The summed E-state index contributed by atoms with van der Waals surface area (Å²) in [7, 11) is 0. The summed E-state index contributed by atoms with van der Waals surface area (Å²) in [6.07, 6.45) is 0.788. The van der Waals surface area contributed by atoms with E-state index in [1.165, 1.54) is 9.13 Å². The number of aryl methyl sites for hydroxylation is 2. The van der Waals surface area contributed by atoms with Crippen LogP contribution in [0.15, 0.2) is 39.9 Å². The first-order valence-electron chi connectivity index (χ1n) is 9.91. The van der Waals surface area contributed by atoms with Crippen molar-refractivity contribution in [1.82, 2.24) is 24.2 Å². The van der Waals surface area contributed by atoms with Gasteiger partial charge < -0.3 is 5.32 Å². The molecule has 0 bridgehead atoms. The van der Waals surface area contributed by atoms with Crippen LogP contribution in [0.3, 0.4) is 0 Å². The normalized spacial score (nSPS) is 12.3. The van der Waals surface area contributed by atoms with Gasteiger partial charge in [0.15, 0.2) is 5.52 Å². The van der Waals surface area contributed by atoms with E-state index in [1.54, 1.807) is 11.6 Å². The number of rotatable bonds is 7. The Hall–Kier alpha value is -3.16. The zero-order valence-electron chi connectivity index (χ0n) is 17.3. The fraction of sp³-hybridized carbons (Fsp3) is 0.429. The number of amides is 1. The lowest BCUT2D eigenvalue weighted by Crippen LogP contribution is -2.44. The highest BCUT2D eigenvalue weighted by Crippen LogP contribution is 2.14. The average molecular weight is 397 g/mol. The van der Waals surface area contributed by atoms with E-state index >= 15 is 0 Å². The maximum absolute atomic E-state index is 13.3. The predicted octanol–water partition coefficient (Wildman–Crippen LogP) is 1.65. The molecule has 1 atom stereocenters. The van der Waals surface area contributed by atoms with Crippen LogP contribution in [-0.2, 0) is 24.4 Å². The van der Waals surface area contributed by atoms with E-state index in [2.05, 4.69) is 10.4 Å². The van der Waals surface area contributed by atoms with Gasteiger partial charge in [-0.2, -0.15) is 5.10 Å². The van der Waals surface area contributed by atoms with E-state index in [4.69, 9.17) is 0 Å². The van der Waals surface area contributed by atoms with Crippen molar-refractivity contribution in [2.45, 2.75) is 59.8 Å². The highest BCUT2D eigenvalue weighted by Gasteiger charge is 2.21. The number of aromatic nitrogens is 4. The number of benzene rings is 1. The van der Waals surface area contributed by atoms with Crippen LogP contribution >= 0.6 is 0 Å². The SMILES string of the molecule is CCC(C)NC(=O)Cn1c(=O)n(Cc2ccccc2)c(=O)c2c1c(C)nn2CC. The first-order chi connectivity index (χ1) is 13.9. The van der Waals surface area contributed by atoms with Crippen molar-refractivity contribution in [3.8, 4) is 0 Å². The lowest BCUT2D eigenvalue weighted by atomic mass is 10.2. The summed E-state index contributed by atoms with van der Waals surface area (Å²) in [5, 5.41) is 7.30. The van der Waals surface area contributed by atoms with E-state index in [0.29, 0.717) is 23.3 Å². The lowest BCUT2D eigenvalue weighted by Gasteiger charge is -2.15. The number of fused-ring (bicyclic) bond motifs is 1. The maximum Gasteiger partial charge on any atom is 0.332 e. The van der Waals surface area contributed by atoms with Crippen LogP contribution in [0.1, 0.15) is 38.4 Å². The standard InChI is InChI=1S/C21H27N5O3/c1-5-14(3)22-17(27)13-24-18-15(4)23-26(6-2)19(18)20(28)25(21(24)29)12-16-10-8-7-9-11-16/h7-11,14H,5-6,12-13H2,1-4H3,(H,22,27). The number of hydrogen-bond donors (Lipinski definition) is 1. The number of carbonyl (C=O) groups excluding carboxylic acids is 1. The molecule has 8 heteroatoms. The minimum Gasteiger partial charge on any atom is -0.352 e. The molecule has 0 spiro atoms. The third-order valence-corrected chi connectivity index (χ3v) is 5.08. The number of carbonyl (C=O) groups is 1. The smallest absolute Gasteiger partial charge is 0.332 e. The van der Waals surface area contributed by atoms with Gasteiger partial charge in [0.05, 0.1) is 12.2 Å². The Balaban J connectivity index is 2.20. The Morgan fingerprint density at radius 1 is 1.10 bits per heavy atom. The van der Waals surface area contributed by atoms with Crippen molar-refractivity contribution in [2.24, 2.45) is 0 Å². The molecule has 2 heterocycles. The van der Waals surface area contributed by atoms with Crippen LogP contribution in [0.5, 0.6) is 0 Å². The Labute approximate surface area is 168 Å².